The number of nitrogens with zero attached hydrogens (tertiary/aromatic N) is 4. The highest BCUT2D eigenvalue weighted by molar-refractivity contribution is 7.26. The second-order valence-electron chi connectivity index (χ2n) is 15.3. The van der Waals surface area contributed by atoms with E-state index >= 15 is 0 Å². The summed E-state index contributed by atoms with van der Waals surface area (Å²) in [6.45, 7) is 6.14. The lowest BCUT2D eigenvalue weighted by molar-refractivity contribution is 1.07. The van der Waals surface area contributed by atoms with Gasteiger partial charge in [0.25, 0.3) is 0 Å². The molecule has 60 heavy (non-hydrogen) atoms. The predicted molar refractivity (Wildman–Crippen MR) is 257 cm³/mol. The molecule has 4 nitrogen and oxygen atoms in total. The first-order valence-corrected chi connectivity index (χ1v) is 21.7. The van der Waals surface area contributed by atoms with Crippen LogP contribution in [-0.2, 0) is 0 Å². The van der Waals surface area contributed by atoms with Crippen LogP contribution in [-0.4, -0.2) is 15.0 Å². The SMILES string of the molecule is C=C/C=C\c1ccc2c(c1C)-c1cccc3cccc(c13)N2c1cccc(-c2nc(-c3ccc4sc5ccccc5c4c3)nc(-c3ccc4sc5ccccc5c4c3)n2)c1. The van der Waals surface area contributed by atoms with Crippen LogP contribution < -0.4 is 4.90 Å². The fourth-order valence-corrected chi connectivity index (χ4v) is 11.2. The molecular weight excluding hydrogens is 769 g/mol. The van der Waals surface area contributed by atoms with Crippen LogP contribution in [0.4, 0.5) is 17.1 Å². The van der Waals surface area contributed by atoms with Crippen molar-refractivity contribution in [2.75, 3.05) is 4.90 Å². The van der Waals surface area contributed by atoms with Gasteiger partial charge in [-0.05, 0) is 102 Å². The monoisotopic (exact) mass is 802 g/mol. The fraction of sp³-hybridized carbons (Fsp3) is 0.0185. The molecule has 1 aliphatic rings. The van der Waals surface area contributed by atoms with Crippen molar-refractivity contribution < 1.29 is 0 Å². The number of hydrogen-bond acceptors (Lipinski definition) is 6. The molecular formula is C54H34N4S2. The number of allylic oxidation sites excluding steroid dienone is 2. The summed E-state index contributed by atoms with van der Waals surface area (Å²) in [5.74, 6) is 1.91. The van der Waals surface area contributed by atoms with Crippen LogP contribution in [0.15, 0.2) is 176 Å². The van der Waals surface area contributed by atoms with Crippen LogP contribution in [0.5, 0.6) is 0 Å². The Bertz CT molecular complexity index is 3470. The van der Waals surface area contributed by atoms with Crippen molar-refractivity contribution >= 4 is 96.9 Å². The van der Waals surface area contributed by atoms with Gasteiger partial charge in [0.1, 0.15) is 0 Å². The average Bonchev–Trinajstić information content (AvgIpc) is 3.86. The number of anilines is 3. The van der Waals surface area contributed by atoms with Crippen LogP contribution in [0.3, 0.4) is 0 Å². The molecule has 6 heteroatoms. The standard InChI is InChI=1S/C54H34N4S2/c1-3-4-12-33-23-26-45-50(32(33)2)41-19-10-13-34-14-11-20-44(51(34)41)58(45)38-16-9-15-35(29-38)52-55-53(36-24-27-48-42(30-36)39-17-5-7-21-46(39)59-48)57-54(56-52)37-25-28-49-43(31-37)40-18-6-8-22-47(40)60-49/h3-31H,1H2,2H3/b12-4-. The Labute approximate surface area is 354 Å². The van der Waals surface area contributed by atoms with E-state index in [1.807, 2.05) is 34.8 Å². The maximum Gasteiger partial charge on any atom is 0.164 e. The van der Waals surface area contributed by atoms with Gasteiger partial charge in [0, 0.05) is 73.7 Å². The second kappa shape index (κ2) is 13.7. The van der Waals surface area contributed by atoms with Crippen molar-refractivity contribution in [3.63, 3.8) is 0 Å². The Morgan fingerprint density at radius 3 is 1.75 bits per heavy atom. The summed E-state index contributed by atoms with van der Waals surface area (Å²) in [5.41, 5.74) is 11.0. The number of rotatable bonds is 6. The van der Waals surface area contributed by atoms with Gasteiger partial charge in [-0.25, -0.2) is 15.0 Å². The highest BCUT2D eigenvalue weighted by Gasteiger charge is 2.28. The zero-order valence-electron chi connectivity index (χ0n) is 32.6. The quantitative estimate of drug-likeness (QED) is 0.157. The average molecular weight is 803 g/mol. The normalized spacial score (nSPS) is 12.4. The molecule has 0 aliphatic carbocycles. The van der Waals surface area contributed by atoms with E-state index in [-0.39, 0.29) is 0 Å². The number of benzene rings is 8. The smallest absolute Gasteiger partial charge is 0.164 e. The first kappa shape index (κ1) is 34.8. The molecule has 0 atom stereocenters. The molecule has 0 radical (unpaired) electrons. The maximum atomic E-state index is 5.28. The third kappa shape index (κ3) is 5.45. The van der Waals surface area contributed by atoms with E-state index in [0.717, 1.165) is 33.8 Å². The number of aromatic nitrogens is 3. The van der Waals surface area contributed by atoms with Gasteiger partial charge in [0.05, 0.1) is 11.4 Å². The molecule has 0 fully saturated rings. The molecule has 12 rings (SSSR count). The summed E-state index contributed by atoms with van der Waals surface area (Å²) in [6.07, 6.45) is 5.97. The van der Waals surface area contributed by atoms with E-state index in [2.05, 4.69) is 182 Å². The first-order valence-electron chi connectivity index (χ1n) is 20.0. The zero-order chi connectivity index (χ0) is 39.9. The summed E-state index contributed by atoms with van der Waals surface area (Å²) in [5, 5.41) is 7.36. The second-order valence-corrected chi connectivity index (χ2v) is 17.4. The molecule has 0 N–H and O–H groups in total. The van der Waals surface area contributed by atoms with Crippen molar-refractivity contribution in [2.45, 2.75) is 6.92 Å². The topological polar surface area (TPSA) is 41.9 Å². The van der Waals surface area contributed by atoms with Gasteiger partial charge in [-0.2, -0.15) is 0 Å². The van der Waals surface area contributed by atoms with Crippen molar-refractivity contribution in [2.24, 2.45) is 0 Å². The molecule has 1 aliphatic heterocycles. The minimum absolute atomic E-state index is 0.624. The molecule has 0 saturated carbocycles. The molecule has 0 unspecified atom stereocenters. The molecule has 0 amide bonds. The molecule has 0 bridgehead atoms. The molecule has 4 heterocycles. The fourth-order valence-electron chi connectivity index (χ4n) is 8.99. The lowest BCUT2D eigenvalue weighted by Crippen LogP contribution is -2.16. The van der Waals surface area contributed by atoms with Gasteiger partial charge < -0.3 is 4.90 Å². The van der Waals surface area contributed by atoms with Gasteiger partial charge >= 0.3 is 0 Å². The van der Waals surface area contributed by atoms with Crippen molar-refractivity contribution in [3.05, 3.63) is 188 Å². The van der Waals surface area contributed by atoms with Crippen LogP contribution in [0.2, 0.25) is 0 Å². The largest absolute Gasteiger partial charge is 0.309 e. The molecule has 11 aromatic rings. The van der Waals surface area contributed by atoms with E-state index in [4.69, 9.17) is 15.0 Å². The van der Waals surface area contributed by atoms with E-state index in [0.29, 0.717) is 17.5 Å². The van der Waals surface area contributed by atoms with Crippen molar-refractivity contribution in [1.29, 1.82) is 0 Å². The Kier molecular flexibility index (Phi) is 7.92. The van der Waals surface area contributed by atoms with Crippen LogP contribution in [0.1, 0.15) is 11.1 Å². The van der Waals surface area contributed by atoms with Gasteiger partial charge in [-0.1, -0.05) is 110 Å². The van der Waals surface area contributed by atoms with E-state index < -0.39 is 0 Å². The highest BCUT2D eigenvalue weighted by atomic mass is 32.1. The first-order chi connectivity index (χ1) is 29.6. The van der Waals surface area contributed by atoms with Gasteiger partial charge in [0.2, 0.25) is 0 Å². The Morgan fingerprint density at radius 1 is 0.517 bits per heavy atom. The van der Waals surface area contributed by atoms with Crippen LogP contribution in [0.25, 0.3) is 102 Å². The summed E-state index contributed by atoms with van der Waals surface area (Å²) in [7, 11) is 0. The van der Waals surface area contributed by atoms with E-state index in [1.165, 1.54) is 73.4 Å². The Morgan fingerprint density at radius 2 is 1.10 bits per heavy atom. The van der Waals surface area contributed by atoms with Crippen molar-refractivity contribution in [1.82, 2.24) is 15.0 Å². The molecule has 3 aromatic heterocycles. The van der Waals surface area contributed by atoms with Gasteiger partial charge in [-0.3, -0.25) is 0 Å². The minimum Gasteiger partial charge on any atom is -0.309 e. The lowest BCUT2D eigenvalue weighted by Gasteiger charge is -2.35. The summed E-state index contributed by atoms with van der Waals surface area (Å²) in [6, 6.07) is 56.7. The lowest BCUT2D eigenvalue weighted by atomic mass is 9.86. The minimum atomic E-state index is 0.624. The Balaban J connectivity index is 1.06. The van der Waals surface area contributed by atoms with Crippen LogP contribution in [0, 0.1) is 6.92 Å². The summed E-state index contributed by atoms with van der Waals surface area (Å²) >= 11 is 3.63. The molecule has 0 spiro atoms. The summed E-state index contributed by atoms with van der Waals surface area (Å²) < 4.78 is 5.03. The van der Waals surface area contributed by atoms with Crippen LogP contribution >= 0.6 is 22.7 Å². The van der Waals surface area contributed by atoms with E-state index in [1.54, 1.807) is 0 Å². The summed E-state index contributed by atoms with van der Waals surface area (Å²) in [4.78, 5) is 18.2. The molecule has 0 saturated heterocycles. The number of thiophene rings is 2. The van der Waals surface area contributed by atoms with Gasteiger partial charge in [0.15, 0.2) is 17.5 Å². The molecule has 8 aromatic carbocycles. The molecule has 282 valence electrons. The van der Waals surface area contributed by atoms with Gasteiger partial charge in [-0.15, -0.1) is 22.7 Å². The highest BCUT2D eigenvalue weighted by Crippen LogP contribution is 2.53. The third-order valence-corrected chi connectivity index (χ3v) is 14.1. The third-order valence-electron chi connectivity index (χ3n) is 11.8. The Hall–Kier alpha value is -7.25. The zero-order valence-corrected chi connectivity index (χ0v) is 34.2. The van der Waals surface area contributed by atoms with E-state index in [9.17, 15) is 0 Å². The number of hydrogen-bond donors (Lipinski definition) is 0. The van der Waals surface area contributed by atoms with Crippen molar-refractivity contribution in [3.8, 4) is 45.3 Å². The number of fused-ring (bicyclic) bond motifs is 8. The maximum absolute atomic E-state index is 5.28. The predicted octanol–water partition coefficient (Wildman–Crippen LogP) is 15.7.